The minimum Gasteiger partial charge on any atom is -0.452 e. The number of nitrogens with one attached hydrogen (secondary N) is 2. The first-order valence-electron chi connectivity index (χ1n) is 8.79. The lowest BCUT2D eigenvalue weighted by atomic mass is 10.1. The summed E-state index contributed by atoms with van der Waals surface area (Å²) >= 11 is 0. The van der Waals surface area contributed by atoms with E-state index in [0.29, 0.717) is 12.2 Å². The Bertz CT molecular complexity index is 822. The van der Waals surface area contributed by atoms with Crippen LogP contribution < -0.4 is 10.6 Å². The number of esters is 1. The van der Waals surface area contributed by atoms with E-state index in [1.54, 1.807) is 24.3 Å². The number of amides is 1. The van der Waals surface area contributed by atoms with E-state index in [2.05, 4.69) is 10.6 Å². The first-order valence-corrected chi connectivity index (χ1v) is 8.79. The number of para-hydroxylation sites is 2. The van der Waals surface area contributed by atoms with E-state index in [4.69, 9.17) is 4.74 Å². The fourth-order valence-electron chi connectivity index (χ4n) is 2.45. The number of hydrogen-bond donors (Lipinski definition) is 2. The Morgan fingerprint density at radius 1 is 1.00 bits per heavy atom. The first-order chi connectivity index (χ1) is 13.3. The summed E-state index contributed by atoms with van der Waals surface area (Å²) in [5.74, 6) is -1.60. The van der Waals surface area contributed by atoms with Crippen molar-refractivity contribution < 1.29 is 27.5 Å². The molecule has 8 heteroatoms. The second kappa shape index (κ2) is 9.77. The molecule has 0 aliphatic heterocycles. The highest BCUT2D eigenvalue weighted by Crippen LogP contribution is 2.34. The Kier molecular flexibility index (Phi) is 7.43. The van der Waals surface area contributed by atoms with Crippen LogP contribution in [0.4, 0.5) is 24.5 Å². The van der Waals surface area contributed by atoms with Crippen LogP contribution in [0.15, 0.2) is 48.5 Å². The van der Waals surface area contributed by atoms with E-state index in [1.165, 1.54) is 12.1 Å². The van der Waals surface area contributed by atoms with Gasteiger partial charge in [0.15, 0.2) is 6.61 Å². The predicted molar refractivity (Wildman–Crippen MR) is 100 cm³/mol. The molecule has 2 rings (SSSR count). The average molecular weight is 394 g/mol. The third-order valence-corrected chi connectivity index (χ3v) is 3.83. The number of halogens is 3. The van der Waals surface area contributed by atoms with Gasteiger partial charge in [-0.05, 0) is 30.7 Å². The van der Waals surface area contributed by atoms with Crippen LogP contribution in [0, 0.1) is 0 Å². The van der Waals surface area contributed by atoms with Crippen LogP contribution in [0.3, 0.4) is 0 Å². The summed E-state index contributed by atoms with van der Waals surface area (Å²) in [7, 11) is 0. The maximum atomic E-state index is 13.0. The van der Waals surface area contributed by atoms with Gasteiger partial charge in [0, 0.05) is 12.2 Å². The number of ether oxygens (including phenoxy) is 1. The number of anilines is 2. The zero-order valence-electron chi connectivity index (χ0n) is 15.3. The topological polar surface area (TPSA) is 67.4 Å². The van der Waals surface area contributed by atoms with Crippen LogP contribution >= 0.6 is 0 Å². The number of hydrogen-bond acceptors (Lipinski definition) is 4. The smallest absolute Gasteiger partial charge is 0.418 e. The molecule has 28 heavy (non-hydrogen) atoms. The fraction of sp³-hybridized carbons (Fsp3) is 0.300. The number of benzene rings is 2. The third kappa shape index (κ3) is 6.00. The summed E-state index contributed by atoms with van der Waals surface area (Å²) in [6.45, 7) is 2.02. The molecule has 0 fully saturated rings. The Morgan fingerprint density at radius 3 is 2.32 bits per heavy atom. The largest absolute Gasteiger partial charge is 0.452 e. The van der Waals surface area contributed by atoms with Gasteiger partial charge in [-0.15, -0.1) is 0 Å². The van der Waals surface area contributed by atoms with Gasteiger partial charge in [0.05, 0.1) is 16.8 Å². The average Bonchev–Trinajstić information content (AvgIpc) is 2.66. The summed E-state index contributed by atoms with van der Waals surface area (Å²) in [4.78, 5) is 24.2. The lowest BCUT2D eigenvalue weighted by molar-refractivity contribution is -0.137. The van der Waals surface area contributed by atoms with Crippen molar-refractivity contribution in [3.8, 4) is 0 Å². The number of unbranched alkanes of at least 4 members (excludes halogenated alkanes) is 1. The second-order valence-corrected chi connectivity index (χ2v) is 5.99. The molecule has 0 atom stereocenters. The zero-order chi connectivity index (χ0) is 20.6. The second-order valence-electron chi connectivity index (χ2n) is 5.99. The van der Waals surface area contributed by atoms with Gasteiger partial charge in [0.2, 0.25) is 0 Å². The molecule has 0 aromatic heterocycles. The van der Waals surface area contributed by atoms with Crippen LogP contribution in [-0.4, -0.2) is 25.0 Å². The SMILES string of the molecule is CCCCNc1ccccc1C(=O)OCC(=O)Nc1ccccc1C(F)(F)F. The lowest BCUT2D eigenvalue weighted by Gasteiger charge is -2.14. The van der Waals surface area contributed by atoms with Gasteiger partial charge in [-0.25, -0.2) is 4.79 Å². The molecule has 0 saturated carbocycles. The summed E-state index contributed by atoms with van der Waals surface area (Å²) in [5.41, 5.74) is -0.538. The van der Waals surface area contributed by atoms with E-state index in [9.17, 15) is 22.8 Å². The molecule has 2 aromatic carbocycles. The molecule has 0 spiro atoms. The van der Waals surface area contributed by atoms with Crippen molar-refractivity contribution in [1.29, 1.82) is 0 Å². The molecule has 5 nitrogen and oxygen atoms in total. The highest BCUT2D eigenvalue weighted by molar-refractivity contribution is 5.98. The minimum absolute atomic E-state index is 0.252. The standard InChI is InChI=1S/C20H21F3N2O3/c1-2-3-12-24-16-10-6-4-8-14(16)19(27)28-13-18(26)25-17-11-7-5-9-15(17)20(21,22)23/h4-11,24H,2-3,12-13H2,1H3,(H,25,26). The maximum Gasteiger partial charge on any atom is 0.418 e. The van der Waals surface area contributed by atoms with E-state index in [1.807, 2.05) is 6.92 Å². The third-order valence-electron chi connectivity index (χ3n) is 3.83. The van der Waals surface area contributed by atoms with E-state index in [-0.39, 0.29) is 5.56 Å². The van der Waals surface area contributed by atoms with E-state index in [0.717, 1.165) is 25.0 Å². The zero-order valence-corrected chi connectivity index (χ0v) is 15.3. The van der Waals surface area contributed by atoms with Gasteiger partial charge < -0.3 is 15.4 Å². The van der Waals surface area contributed by atoms with Crippen LogP contribution in [0.1, 0.15) is 35.7 Å². The van der Waals surface area contributed by atoms with Crippen LogP contribution in [0.5, 0.6) is 0 Å². The van der Waals surface area contributed by atoms with Gasteiger partial charge in [0.1, 0.15) is 0 Å². The number of carbonyl (C=O) groups is 2. The fourth-order valence-corrected chi connectivity index (χ4v) is 2.45. The maximum absolute atomic E-state index is 13.0. The van der Waals surface area contributed by atoms with Gasteiger partial charge in [0.25, 0.3) is 5.91 Å². The normalized spacial score (nSPS) is 11.0. The molecule has 0 saturated heterocycles. The van der Waals surface area contributed by atoms with E-state index >= 15 is 0 Å². The van der Waals surface area contributed by atoms with Crippen molar-refractivity contribution in [2.24, 2.45) is 0 Å². The van der Waals surface area contributed by atoms with Gasteiger partial charge in [-0.2, -0.15) is 13.2 Å². The molecule has 150 valence electrons. The predicted octanol–water partition coefficient (Wildman–Crippen LogP) is 4.71. The molecule has 2 N–H and O–H groups in total. The Labute approximate surface area is 160 Å². The molecule has 0 unspecified atom stereocenters. The molecule has 2 aromatic rings. The van der Waals surface area contributed by atoms with Crippen molar-refractivity contribution in [3.05, 3.63) is 59.7 Å². The molecule has 0 radical (unpaired) electrons. The van der Waals surface area contributed by atoms with E-state index < -0.39 is 35.9 Å². The molecule has 0 bridgehead atoms. The molecule has 0 aliphatic carbocycles. The molecular weight excluding hydrogens is 373 g/mol. The van der Waals surface area contributed by atoms with Crippen molar-refractivity contribution in [3.63, 3.8) is 0 Å². The van der Waals surface area contributed by atoms with Crippen molar-refractivity contribution in [2.45, 2.75) is 25.9 Å². The summed E-state index contributed by atoms with van der Waals surface area (Å²) in [6, 6.07) is 11.3. The van der Waals surface area contributed by atoms with Gasteiger partial charge in [-0.1, -0.05) is 37.6 Å². The van der Waals surface area contributed by atoms with Gasteiger partial charge in [-0.3, -0.25) is 4.79 Å². The Balaban J connectivity index is 1.98. The van der Waals surface area contributed by atoms with Gasteiger partial charge >= 0.3 is 12.1 Å². The number of alkyl halides is 3. The highest BCUT2D eigenvalue weighted by atomic mass is 19.4. The molecule has 1 amide bonds. The Morgan fingerprint density at radius 2 is 1.64 bits per heavy atom. The first kappa shape index (κ1) is 21.3. The van der Waals surface area contributed by atoms with Crippen LogP contribution in [-0.2, 0) is 15.7 Å². The van der Waals surface area contributed by atoms with Crippen LogP contribution in [0.2, 0.25) is 0 Å². The van der Waals surface area contributed by atoms with Crippen molar-refractivity contribution >= 4 is 23.3 Å². The summed E-state index contributed by atoms with van der Waals surface area (Å²) < 4.78 is 43.8. The highest BCUT2D eigenvalue weighted by Gasteiger charge is 2.33. The van der Waals surface area contributed by atoms with Crippen molar-refractivity contribution in [2.75, 3.05) is 23.8 Å². The van der Waals surface area contributed by atoms with Crippen LogP contribution in [0.25, 0.3) is 0 Å². The summed E-state index contributed by atoms with van der Waals surface area (Å²) in [5, 5.41) is 5.25. The number of carbonyl (C=O) groups excluding carboxylic acids is 2. The molecular formula is C20H21F3N2O3. The lowest BCUT2D eigenvalue weighted by Crippen LogP contribution is -2.23. The van der Waals surface area contributed by atoms with Crippen molar-refractivity contribution in [1.82, 2.24) is 0 Å². The monoisotopic (exact) mass is 394 g/mol. The molecule has 0 aliphatic rings. The Hall–Kier alpha value is -3.03. The number of rotatable bonds is 8. The quantitative estimate of drug-likeness (QED) is 0.503. The minimum atomic E-state index is -4.61. The summed E-state index contributed by atoms with van der Waals surface area (Å²) in [6.07, 6.45) is -2.70. The molecule has 0 heterocycles.